The first kappa shape index (κ1) is 24.7. The van der Waals surface area contributed by atoms with Crippen LogP contribution in [0.3, 0.4) is 0 Å². The molecule has 1 aromatic carbocycles. The lowest BCUT2D eigenvalue weighted by molar-refractivity contribution is -0.331. The van der Waals surface area contributed by atoms with Gasteiger partial charge in [0.25, 0.3) is 10.0 Å². The minimum absolute atomic E-state index is 0.180. The minimum atomic E-state index is -5.75. The summed E-state index contributed by atoms with van der Waals surface area (Å²) in [6, 6.07) is 1.58. The Morgan fingerprint density at radius 1 is 1.03 bits per heavy atom. The zero-order valence-corrected chi connectivity index (χ0v) is 15.0. The molecule has 1 rings (SSSR count). The van der Waals surface area contributed by atoms with Crippen LogP contribution in [-0.2, 0) is 10.0 Å². The first-order valence-corrected chi connectivity index (χ1v) is 8.72. The Balaban J connectivity index is 2.74. The van der Waals surface area contributed by atoms with Crippen LogP contribution < -0.4 is 20.3 Å². The maximum atomic E-state index is 12.7. The highest BCUT2D eigenvalue weighted by Crippen LogP contribution is 2.49. The summed E-state index contributed by atoms with van der Waals surface area (Å²) in [6.45, 7) is -5.27. The number of rotatable bonds is 7. The average Bonchev–Trinajstić information content (AvgIpc) is 2.55. The van der Waals surface area contributed by atoms with E-state index in [9.17, 15) is 48.3 Å². The molecular formula is C13H13F8N3O4S. The molecule has 0 bridgehead atoms. The molecule has 0 aliphatic rings. The van der Waals surface area contributed by atoms with Crippen LogP contribution >= 0.6 is 0 Å². The van der Waals surface area contributed by atoms with Crippen molar-refractivity contribution in [2.45, 2.75) is 30.8 Å². The fourth-order valence-electron chi connectivity index (χ4n) is 1.64. The molecule has 16 heteroatoms. The van der Waals surface area contributed by atoms with Crippen LogP contribution in [-0.4, -0.2) is 40.0 Å². The second kappa shape index (κ2) is 8.56. The molecule has 0 spiro atoms. The van der Waals surface area contributed by atoms with Crippen LogP contribution in [0.15, 0.2) is 29.2 Å². The highest BCUT2D eigenvalue weighted by molar-refractivity contribution is 7.89. The quantitative estimate of drug-likeness (QED) is 0.432. The third-order valence-electron chi connectivity index (χ3n) is 3.51. The van der Waals surface area contributed by atoms with Gasteiger partial charge in [-0.25, -0.2) is 13.2 Å². The van der Waals surface area contributed by atoms with Crippen LogP contribution in [0, 0.1) is 5.41 Å². The number of alkyl halides is 8. The number of amides is 2. The number of halogens is 8. The summed E-state index contributed by atoms with van der Waals surface area (Å²) >= 11 is 0. The minimum Gasteiger partial charge on any atom is -0.435 e. The van der Waals surface area contributed by atoms with Crippen LogP contribution in [0.4, 0.5) is 39.9 Å². The Hall–Kier alpha value is -2.36. The number of urea groups is 1. The fraction of sp³-hybridized carbons (Fsp3) is 0.462. The van der Waals surface area contributed by atoms with E-state index >= 15 is 0 Å². The van der Waals surface area contributed by atoms with Crippen molar-refractivity contribution in [3.63, 3.8) is 0 Å². The monoisotopic (exact) mass is 459 g/mol. The van der Waals surface area contributed by atoms with Gasteiger partial charge in [-0.05, 0) is 31.2 Å². The number of nitrogens with one attached hydrogen (secondary N) is 3. The molecule has 7 nitrogen and oxygen atoms in total. The second-order valence-electron chi connectivity index (χ2n) is 5.59. The number of benzene rings is 1. The molecule has 0 unspecified atom stereocenters. The zero-order chi connectivity index (χ0) is 22.7. The molecular weight excluding hydrogens is 446 g/mol. The van der Waals surface area contributed by atoms with Gasteiger partial charge in [-0.15, -0.1) is 4.83 Å². The van der Waals surface area contributed by atoms with E-state index in [1.807, 2.05) is 0 Å². The van der Waals surface area contributed by atoms with Gasteiger partial charge in [-0.2, -0.15) is 35.1 Å². The Kier molecular flexibility index (Phi) is 7.29. The van der Waals surface area contributed by atoms with Crippen molar-refractivity contribution in [1.82, 2.24) is 15.6 Å². The van der Waals surface area contributed by atoms with Gasteiger partial charge in [0.2, 0.25) is 0 Å². The standard InChI is InChI=1S/C13H13F8N3O4S/c1-11(12(16,17)18,13(19,20)21)6-22-10(25)23-24-29(26,27)8-4-2-7(3-5-8)28-9(14)15/h2-5,9,24H,6H2,1H3,(H2,22,23,25). The van der Waals surface area contributed by atoms with Gasteiger partial charge in [-0.3, -0.25) is 5.43 Å². The van der Waals surface area contributed by atoms with Crippen LogP contribution in [0.1, 0.15) is 6.92 Å². The fourth-order valence-corrected chi connectivity index (χ4v) is 2.47. The molecule has 0 fully saturated rings. The normalized spacial score (nSPS) is 13.3. The SMILES string of the molecule is CC(CNC(=O)NNS(=O)(=O)c1ccc(OC(F)F)cc1)(C(F)(F)F)C(F)(F)F. The van der Waals surface area contributed by atoms with Gasteiger partial charge >= 0.3 is 25.0 Å². The maximum Gasteiger partial charge on any atom is 0.404 e. The predicted octanol–water partition coefficient (Wildman–Crippen LogP) is 2.91. The third-order valence-corrected chi connectivity index (χ3v) is 4.78. The van der Waals surface area contributed by atoms with E-state index in [-0.39, 0.29) is 12.7 Å². The summed E-state index contributed by atoms with van der Waals surface area (Å²) in [5.74, 6) is -0.386. The lowest BCUT2D eigenvalue weighted by Gasteiger charge is -2.33. The maximum absolute atomic E-state index is 12.7. The smallest absolute Gasteiger partial charge is 0.404 e. The highest BCUT2D eigenvalue weighted by atomic mass is 32.2. The van der Waals surface area contributed by atoms with Crippen molar-refractivity contribution in [2.24, 2.45) is 5.41 Å². The molecule has 2 amide bonds. The number of hydrogen-bond donors (Lipinski definition) is 3. The lowest BCUT2D eigenvalue weighted by Crippen LogP contribution is -2.57. The molecule has 0 heterocycles. The van der Waals surface area contributed by atoms with E-state index < -0.39 is 51.9 Å². The van der Waals surface area contributed by atoms with Gasteiger partial charge in [0.1, 0.15) is 5.75 Å². The van der Waals surface area contributed by atoms with Gasteiger partial charge in [0, 0.05) is 6.54 Å². The second-order valence-corrected chi connectivity index (χ2v) is 7.27. The summed E-state index contributed by atoms with van der Waals surface area (Å²) in [5.41, 5.74) is -2.91. The Labute approximate surface area is 158 Å². The lowest BCUT2D eigenvalue weighted by atomic mass is 9.89. The summed E-state index contributed by atoms with van der Waals surface area (Å²) in [6.07, 6.45) is -11.5. The van der Waals surface area contributed by atoms with Crippen molar-refractivity contribution in [2.75, 3.05) is 6.54 Å². The van der Waals surface area contributed by atoms with E-state index in [1.165, 1.54) is 15.6 Å². The number of hydrogen-bond acceptors (Lipinski definition) is 4. The largest absolute Gasteiger partial charge is 0.435 e. The molecule has 1 aromatic rings. The van der Waals surface area contributed by atoms with Gasteiger partial charge in [0.15, 0.2) is 5.41 Å². The number of hydrazine groups is 1. The molecule has 166 valence electrons. The van der Waals surface area contributed by atoms with Crippen molar-refractivity contribution in [3.05, 3.63) is 24.3 Å². The Morgan fingerprint density at radius 3 is 1.93 bits per heavy atom. The first-order chi connectivity index (χ1) is 13.0. The number of carbonyl (C=O) groups is 1. The van der Waals surface area contributed by atoms with E-state index in [0.29, 0.717) is 0 Å². The first-order valence-electron chi connectivity index (χ1n) is 7.23. The summed E-state index contributed by atoms with van der Waals surface area (Å²) in [4.78, 5) is 12.2. The van der Waals surface area contributed by atoms with E-state index in [1.54, 1.807) is 0 Å². The van der Waals surface area contributed by atoms with E-state index in [2.05, 4.69) is 4.74 Å². The zero-order valence-electron chi connectivity index (χ0n) is 14.2. The molecule has 0 aromatic heterocycles. The van der Waals surface area contributed by atoms with E-state index in [0.717, 1.165) is 24.3 Å². The number of sulfonamides is 1. The molecule has 0 radical (unpaired) electrons. The molecule has 0 saturated heterocycles. The van der Waals surface area contributed by atoms with Crippen LogP contribution in [0.5, 0.6) is 5.75 Å². The average molecular weight is 459 g/mol. The molecule has 0 aliphatic heterocycles. The van der Waals surface area contributed by atoms with Gasteiger partial charge in [-0.1, -0.05) is 0 Å². The third kappa shape index (κ3) is 6.31. The summed E-state index contributed by atoms with van der Waals surface area (Å²) in [5, 5.41) is 1.27. The number of carbonyl (C=O) groups excluding carboxylic acids is 1. The topological polar surface area (TPSA) is 96.5 Å². The van der Waals surface area contributed by atoms with Crippen LogP contribution in [0.25, 0.3) is 0 Å². The van der Waals surface area contributed by atoms with Crippen molar-refractivity contribution < 1.29 is 53.1 Å². The Bertz CT molecular complexity index is 795. The van der Waals surface area contributed by atoms with Gasteiger partial charge in [0.05, 0.1) is 4.90 Å². The Morgan fingerprint density at radius 2 is 1.52 bits per heavy atom. The van der Waals surface area contributed by atoms with Crippen molar-refractivity contribution in [3.8, 4) is 5.75 Å². The van der Waals surface area contributed by atoms with Gasteiger partial charge < -0.3 is 10.1 Å². The molecule has 3 N–H and O–H groups in total. The molecule has 0 saturated carbocycles. The molecule has 29 heavy (non-hydrogen) atoms. The predicted molar refractivity (Wildman–Crippen MR) is 80.1 cm³/mol. The summed E-state index contributed by atoms with van der Waals surface area (Å²) < 4.78 is 128. The molecule has 0 aliphatic carbocycles. The molecule has 0 atom stereocenters. The van der Waals surface area contributed by atoms with E-state index in [4.69, 9.17) is 0 Å². The summed E-state index contributed by atoms with van der Waals surface area (Å²) in [7, 11) is -4.52. The van der Waals surface area contributed by atoms with Crippen molar-refractivity contribution >= 4 is 16.1 Å². The number of ether oxygens (including phenoxy) is 1. The van der Waals surface area contributed by atoms with Crippen molar-refractivity contribution in [1.29, 1.82) is 0 Å². The van der Waals surface area contributed by atoms with Crippen LogP contribution in [0.2, 0.25) is 0 Å². The highest BCUT2D eigenvalue weighted by Gasteiger charge is 2.67.